The summed E-state index contributed by atoms with van der Waals surface area (Å²) in [5.74, 6) is 2.39. The molecular formula is C18H27N3O4S. The third kappa shape index (κ3) is 3.90. The number of aliphatic imine (C=N–C) groups is 1. The molecule has 3 rings (SSSR count). The van der Waals surface area contributed by atoms with E-state index in [-0.39, 0.29) is 5.75 Å². The van der Waals surface area contributed by atoms with Gasteiger partial charge in [-0.05, 0) is 31.5 Å². The van der Waals surface area contributed by atoms with Crippen LogP contribution in [0.5, 0.6) is 11.5 Å². The Morgan fingerprint density at radius 2 is 2.00 bits per heavy atom. The zero-order valence-electron chi connectivity index (χ0n) is 15.6. The van der Waals surface area contributed by atoms with Crippen LogP contribution >= 0.6 is 0 Å². The quantitative estimate of drug-likeness (QED) is 0.617. The third-order valence-electron chi connectivity index (χ3n) is 4.82. The van der Waals surface area contributed by atoms with Gasteiger partial charge in [0, 0.05) is 33.1 Å². The molecule has 1 N–H and O–H groups in total. The van der Waals surface area contributed by atoms with Crippen LogP contribution in [0, 0.1) is 0 Å². The van der Waals surface area contributed by atoms with Gasteiger partial charge in [0.2, 0.25) is 0 Å². The molecule has 1 fully saturated rings. The normalized spacial score (nSPS) is 21.8. The fourth-order valence-electron chi connectivity index (χ4n) is 3.16. The smallest absolute Gasteiger partial charge is 0.193 e. The highest BCUT2D eigenvalue weighted by atomic mass is 32.2. The van der Waals surface area contributed by atoms with Gasteiger partial charge >= 0.3 is 0 Å². The molecule has 1 aromatic rings. The van der Waals surface area contributed by atoms with E-state index in [9.17, 15) is 8.42 Å². The number of nitrogens with one attached hydrogen (secondary N) is 1. The molecule has 0 saturated carbocycles. The second-order valence-electron chi connectivity index (χ2n) is 7.23. The van der Waals surface area contributed by atoms with E-state index in [4.69, 9.17) is 9.47 Å². The van der Waals surface area contributed by atoms with E-state index in [1.807, 2.05) is 23.1 Å². The van der Waals surface area contributed by atoms with Crippen molar-refractivity contribution in [1.29, 1.82) is 0 Å². The summed E-state index contributed by atoms with van der Waals surface area (Å²) < 4.78 is 35.0. The molecule has 8 heteroatoms. The average molecular weight is 381 g/mol. The number of hydrogen-bond acceptors (Lipinski definition) is 5. The number of benzene rings is 1. The number of ether oxygens (including phenoxy) is 2. The van der Waals surface area contributed by atoms with Gasteiger partial charge in [-0.3, -0.25) is 4.99 Å². The maximum atomic E-state index is 12.2. The molecular weight excluding hydrogens is 354 g/mol. The van der Waals surface area contributed by atoms with Gasteiger partial charge < -0.3 is 19.7 Å². The second-order valence-corrected chi connectivity index (χ2v) is 9.98. The van der Waals surface area contributed by atoms with Gasteiger partial charge in [0.05, 0.1) is 23.7 Å². The van der Waals surface area contributed by atoms with Crippen molar-refractivity contribution in [1.82, 2.24) is 10.2 Å². The topological polar surface area (TPSA) is 80.2 Å². The van der Waals surface area contributed by atoms with Crippen molar-refractivity contribution in [2.75, 3.05) is 39.1 Å². The van der Waals surface area contributed by atoms with E-state index < -0.39 is 14.6 Å². The predicted octanol–water partition coefficient (Wildman–Crippen LogP) is 1.43. The Labute approximate surface area is 155 Å². The number of nitrogens with zero attached hydrogens (tertiary/aromatic N) is 2. The summed E-state index contributed by atoms with van der Waals surface area (Å²) in [7, 11) is -1.36. The van der Waals surface area contributed by atoms with Crippen molar-refractivity contribution in [3.8, 4) is 11.5 Å². The van der Waals surface area contributed by atoms with Crippen LogP contribution in [0.4, 0.5) is 0 Å². The van der Waals surface area contributed by atoms with E-state index in [1.54, 1.807) is 20.9 Å². The molecule has 144 valence electrons. The zero-order valence-corrected chi connectivity index (χ0v) is 16.4. The highest BCUT2D eigenvalue weighted by Crippen LogP contribution is 2.30. The lowest BCUT2D eigenvalue weighted by molar-refractivity contribution is 0.297. The Bertz CT molecular complexity index is 790. The maximum absolute atomic E-state index is 12.2. The van der Waals surface area contributed by atoms with Crippen LogP contribution in [0.15, 0.2) is 23.2 Å². The lowest BCUT2D eigenvalue weighted by Crippen LogP contribution is -2.57. The molecule has 0 aliphatic carbocycles. The van der Waals surface area contributed by atoms with Crippen LogP contribution < -0.4 is 14.8 Å². The minimum absolute atomic E-state index is 0.144. The summed E-state index contributed by atoms with van der Waals surface area (Å²) in [6.45, 7) is 6.32. The highest BCUT2D eigenvalue weighted by molar-refractivity contribution is 7.92. The molecule has 7 nitrogen and oxygen atoms in total. The van der Waals surface area contributed by atoms with Gasteiger partial charge in [-0.1, -0.05) is 6.07 Å². The molecule has 2 heterocycles. The Hall–Kier alpha value is -1.96. The van der Waals surface area contributed by atoms with Gasteiger partial charge in [-0.15, -0.1) is 0 Å². The van der Waals surface area contributed by atoms with Crippen molar-refractivity contribution in [3.05, 3.63) is 23.8 Å². The Morgan fingerprint density at radius 1 is 1.27 bits per heavy atom. The summed E-state index contributed by atoms with van der Waals surface area (Å²) in [5, 5.41) is 3.33. The molecule has 0 aromatic heterocycles. The lowest BCUT2D eigenvalue weighted by atomic mass is 10.2. The molecule has 1 aromatic carbocycles. The van der Waals surface area contributed by atoms with Gasteiger partial charge in [0.15, 0.2) is 27.3 Å². The molecule has 0 spiro atoms. The van der Waals surface area contributed by atoms with E-state index >= 15 is 0 Å². The zero-order chi connectivity index (χ0) is 18.8. The van der Waals surface area contributed by atoms with Gasteiger partial charge in [0.25, 0.3) is 0 Å². The fourth-order valence-corrected chi connectivity index (χ4v) is 4.52. The molecule has 26 heavy (non-hydrogen) atoms. The van der Waals surface area contributed by atoms with Crippen LogP contribution in [-0.4, -0.2) is 63.1 Å². The molecule has 1 saturated heterocycles. The number of hydrogen-bond donors (Lipinski definition) is 1. The Balaban J connectivity index is 1.66. The van der Waals surface area contributed by atoms with Crippen molar-refractivity contribution in [3.63, 3.8) is 0 Å². The summed E-state index contributed by atoms with van der Waals surface area (Å²) in [6.07, 6.45) is 0.878. The standard InChI is InChI=1S/C18H27N3O4S/c1-18(2)13-21(7-10-26(18,22)23)17(19-3)20-12-14-5-6-15-16(11-14)25-9-4-8-24-15/h5-6,11H,4,7-10,12-13H2,1-3H3,(H,19,20). The highest BCUT2D eigenvalue weighted by Gasteiger charge is 2.40. The maximum Gasteiger partial charge on any atom is 0.193 e. The number of sulfone groups is 1. The fraction of sp³-hybridized carbons (Fsp3) is 0.611. The van der Waals surface area contributed by atoms with Gasteiger partial charge in [-0.25, -0.2) is 8.42 Å². The monoisotopic (exact) mass is 381 g/mol. The minimum Gasteiger partial charge on any atom is -0.490 e. The SMILES string of the molecule is CN=C(NCc1ccc2c(c1)OCCCO2)N1CCS(=O)(=O)C(C)(C)C1. The number of fused-ring (bicyclic) bond motifs is 1. The van der Waals surface area contributed by atoms with Crippen molar-refractivity contribution in [2.24, 2.45) is 4.99 Å². The first-order chi connectivity index (χ1) is 12.3. The van der Waals surface area contributed by atoms with E-state index in [2.05, 4.69) is 10.3 Å². The van der Waals surface area contributed by atoms with E-state index in [0.29, 0.717) is 38.8 Å². The summed E-state index contributed by atoms with van der Waals surface area (Å²) >= 11 is 0. The van der Waals surface area contributed by atoms with Crippen molar-refractivity contribution < 1.29 is 17.9 Å². The van der Waals surface area contributed by atoms with E-state index in [0.717, 1.165) is 23.5 Å². The summed E-state index contributed by atoms with van der Waals surface area (Å²) in [4.78, 5) is 6.33. The lowest BCUT2D eigenvalue weighted by Gasteiger charge is -2.39. The Kier molecular flexibility index (Phi) is 5.32. The van der Waals surface area contributed by atoms with Gasteiger partial charge in [0.1, 0.15) is 0 Å². The third-order valence-corrected chi connectivity index (χ3v) is 7.35. The first kappa shape index (κ1) is 18.8. The van der Waals surface area contributed by atoms with Crippen LogP contribution in [-0.2, 0) is 16.4 Å². The molecule has 0 atom stereocenters. The molecule has 2 aliphatic rings. The first-order valence-electron chi connectivity index (χ1n) is 8.89. The largest absolute Gasteiger partial charge is 0.490 e. The number of guanidine groups is 1. The van der Waals surface area contributed by atoms with E-state index in [1.165, 1.54) is 0 Å². The molecule has 0 amide bonds. The first-order valence-corrected chi connectivity index (χ1v) is 10.5. The second kappa shape index (κ2) is 7.34. The number of rotatable bonds is 2. The summed E-state index contributed by atoms with van der Waals surface area (Å²) in [5.41, 5.74) is 1.05. The molecule has 2 aliphatic heterocycles. The minimum atomic E-state index is -3.07. The molecule has 0 unspecified atom stereocenters. The average Bonchev–Trinajstić information content (AvgIpc) is 2.83. The van der Waals surface area contributed by atoms with Crippen LogP contribution in [0.25, 0.3) is 0 Å². The summed E-state index contributed by atoms with van der Waals surface area (Å²) in [6, 6.07) is 5.90. The van der Waals surface area contributed by atoms with Crippen LogP contribution in [0.2, 0.25) is 0 Å². The van der Waals surface area contributed by atoms with Crippen LogP contribution in [0.3, 0.4) is 0 Å². The van der Waals surface area contributed by atoms with Crippen molar-refractivity contribution in [2.45, 2.75) is 31.6 Å². The molecule has 0 radical (unpaired) electrons. The van der Waals surface area contributed by atoms with Gasteiger partial charge in [-0.2, -0.15) is 0 Å². The predicted molar refractivity (Wildman–Crippen MR) is 102 cm³/mol. The van der Waals surface area contributed by atoms with Crippen molar-refractivity contribution >= 4 is 15.8 Å². The van der Waals surface area contributed by atoms with Crippen LogP contribution in [0.1, 0.15) is 25.8 Å². The Morgan fingerprint density at radius 3 is 2.69 bits per heavy atom. The molecule has 0 bridgehead atoms.